The van der Waals surface area contributed by atoms with Crippen LogP contribution in [-0.4, -0.2) is 46.0 Å². The van der Waals surface area contributed by atoms with Crippen LogP contribution in [0.5, 0.6) is 0 Å². The second-order valence-electron chi connectivity index (χ2n) is 7.35. The first-order valence-corrected chi connectivity index (χ1v) is 8.50. The fraction of sp³-hybridized carbons (Fsp3) is 0.765. The lowest BCUT2D eigenvalue weighted by molar-refractivity contribution is 0.0285. The molecule has 0 radical (unpaired) electrons. The van der Waals surface area contributed by atoms with Crippen molar-refractivity contribution in [1.29, 1.82) is 0 Å². The summed E-state index contributed by atoms with van der Waals surface area (Å²) in [6.07, 6.45) is 5.84. The number of carbonyl (C=O) groups excluding carboxylic acids is 1. The molecule has 1 N–H and O–H groups in total. The molecule has 1 aromatic rings. The van der Waals surface area contributed by atoms with Crippen molar-refractivity contribution < 1.29 is 9.53 Å². The van der Waals surface area contributed by atoms with Gasteiger partial charge in [-0.05, 0) is 46.1 Å². The molecule has 130 valence electrons. The van der Waals surface area contributed by atoms with Gasteiger partial charge in [-0.2, -0.15) is 5.10 Å². The molecule has 1 aliphatic heterocycles. The summed E-state index contributed by atoms with van der Waals surface area (Å²) in [6.45, 7) is 10.3. The number of aryl methyl sites for hydroxylation is 1. The molecule has 1 amide bonds. The fourth-order valence-corrected chi connectivity index (χ4v) is 3.01. The molecule has 23 heavy (non-hydrogen) atoms. The number of aromatic nitrogens is 2. The third-order valence-corrected chi connectivity index (χ3v) is 4.05. The Bertz CT molecular complexity index is 521. The Morgan fingerprint density at radius 2 is 2.26 bits per heavy atom. The highest BCUT2D eigenvalue weighted by atomic mass is 16.6. The second-order valence-corrected chi connectivity index (χ2v) is 7.35. The molecular formula is C17H30N4O2. The lowest BCUT2D eigenvalue weighted by Gasteiger charge is -2.26. The second kappa shape index (κ2) is 7.34. The van der Waals surface area contributed by atoms with Gasteiger partial charge in [0.1, 0.15) is 5.60 Å². The maximum Gasteiger partial charge on any atom is 0.410 e. The van der Waals surface area contributed by atoms with Crippen LogP contribution in [-0.2, 0) is 11.8 Å². The standard InChI is InChI=1S/C17H30N4O2/c1-6-8-18-15(14-10-19-20(5)11-14)13-7-9-21(12-13)16(22)23-17(2,3)4/h10-11,13,15,18H,6-9,12H2,1-5H3. The van der Waals surface area contributed by atoms with Crippen LogP contribution in [0.4, 0.5) is 4.79 Å². The van der Waals surface area contributed by atoms with E-state index in [1.54, 1.807) is 0 Å². The average Bonchev–Trinajstić information content (AvgIpc) is 3.07. The normalized spacial score (nSPS) is 19.9. The number of carbonyl (C=O) groups is 1. The Morgan fingerprint density at radius 1 is 1.52 bits per heavy atom. The first-order chi connectivity index (χ1) is 10.8. The first kappa shape index (κ1) is 17.8. The van der Waals surface area contributed by atoms with Crippen molar-refractivity contribution in [3.8, 4) is 0 Å². The molecule has 1 aliphatic rings. The molecule has 2 rings (SSSR count). The van der Waals surface area contributed by atoms with Gasteiger partial charge < -0.3 is 15.0 Å². The van der Waals surface area contributed by atoms with Gasteiger partial charge in [0.05, 0.1) is 6.20 Å². The number of ether oxygens (including phenoxy) is 1. The van der Waals surface area contributed by atoms with Crippen LogP contribution in [0.3, 0.4) is 0 Å². The van der Waals surface area contributed by atoms with E-state index in [0.717, 1.165) is 32.5 Å². The van der Waals surface area contributed by atoms with E-state index < -0.39 is 5.60 Å². The van der Waals surface area contributed by atoms with Crippen molar-refractivity contribution in [2.24, 2.45) is 13.0 Å². The third kappa shape index (κ3) is 4.96. The highest BCUT2D eigenvalue weighted by molar-refractivity contribution is 5.68. The van der Waals surface area contributed by atoms with Crippen LogP contribution < -0.4 is 5.32 Å². The summed E-state index contributed by atoms with van der Waals surface area (Å²) in [7, 11) is 1.93. The zero-order valence-corrected chi connectivity index (χ0v) is 15.0. The van der Waals surface area contributed by atoms with Crippen LogP contribution in [0.25, 0.3) is 0 Å². The first-order valence-electron chi connectivity index (χ1n) is 8.50. The van der Waals surface area contributed by atoms with Gasteiger partial charge in [-0.3, -0.25) is 4.68 Å². The van der Waals surface area contributed by atoms with Gasteiger partial charge in [0.2, 0.25) is 0 Å². The molecule has 1 aromatic heterocycles. The fourth-order valence-electron chi connectivity index (χ4n) is 3.01. The number of nitrogens with zero attached hydrogens (tertiary/aromatic N) is 3. The molecule has 1 saturated heterocycles. The molecule has 1 fully saturated rings. The van der Waals surface area contributed by atoms with E-state index in [1.807, 2.05) is 43.6 Å². The molecule has 0 aliphatic carbocycles. The summed E-state index contributed by atoms with van der Waals surface area (Å²) in [4.78, 5) is 14.1. The molecule has 0 aromatic carbocycles. The SMILES string of the molecule is CCCNC(c1cnn(C)c1)C1CCN(C(=O)OC(C)(C)C)C1. The van der Waals surface area contributed by atoms with Crippen molar-refractivity contribution in [1.82, 2.24) is 20.0 Å². The van der Waals surface area contributed by atoms with E-state index in [4.69, 9.17) is 4.74 Å². The number of amides is 1. The Labute approximate surface area is 139 Å². The van der Waals surface area contributed by atoms with Crippen molar-refractivity contribution in [3.63, 3.8) is 0 Å². The minimum absolute atomic E-state index is 0.208. The van der Waals surface area contributed by atoms with Gasteiger partial charge >= 0.3 is 6.09 Å². The lowest BCUT2D eigenvalue weighted by Crippen LogP contribution is -2.37. The summed E-state index contributed by atoms with van der Waals surface area (Å²) in [6, 6.07) is 0.232. The van der Waals surface area contributed by atoms with Crippen LogP contribution in [0.15, 0.2) is 12.4 Å². The lowest BCUT2D eigenvalue weighted by atomic mass is 9.94. The predicted molar refractivity (Wildman–Crippen MR) is 90.2 cm³/mol. The van der Waals surface area contributed by atoms with Crippen LogP contribution in [0.1, 0.15) is 52.1 Å². The molecule has 2 unspecified atom stereocenters. The Hall–Kier alpha value is -1.56. The van der Waals surface area contributed by atoms with E-state index in [0.29, 0.717) is 5.92 Å². The smallest absolute Gasteiger partial charge is 0.410 e. The van der Waals surface area contributed by atoms with Crippen LogP contribution >= 0.6 is 0 Å². The summed E-state index contributed by atoms with van der Waals surface area (Å²) in [5.41, 5.74) is 0.746. The van der Waals surface area contributed by atoms with E-state index in [-0.39, 0.29) is 12.1 Å². The van der Waals surface area contributed by atoms with Crippen molar-refractivity contribution >= 4 is 6.09 Å². The molecule has 0 saturated carbocycles. The van der Waals surface area contributed by atoms with E-state index in [2.05, 4.69) is 23.5 Å². The minimum atomic E-state index is -0.446. The molecular weight excluding hydrogens is 292 g/mol. The Kier molecular flexibility index (Phi) is 5.68. The van der Waals surface area contributed by atoms with Gasteiger partial charge in [0, 0.05) is 37.9 Å². The summed E-state index contributed by atoms with van der Waals surface area (Å²) in [5.74, 6) is 0.387. The van der Waals surface area contributed by atoms with Crippen molar-refractivity contribution in [3.05, 3.63) is 18.0 Å². The summed E-state index contributed by atoms with van der Waals surface area (Å²) in [5, 5.41) is 7.91. The largest absolute Gasteiger partial charge is 0.444 e. The van der Waals surface area contributed by atoms with E-state index in [1.165, 1.54) is 5.56 Å². The Balaban J connectivity index is 2.02. The third-order valence-electron chi connectivity index (χ3n) is 4.05. The zero-order valence-electron chi connectivity index (χ0n) is 15.0. The number of nitrogens with one attached hydrogen (secondary N) is 1. The number of hydrogen-bond acceptors (Lipinski definition) is 4. The van der Waals surface area contributed by atoms with Crippen LogP contribution in [0, 0.1) is 5.92 Å². The maximum absolute atomic E-state index is 12.3. The van der Waals surface area contributed by atoms with Crippen LogP contribution in [0.2, 0.25) is 0 Å². The molecule has 6 heteroatoms. The minimum Gasteiger partial charge on any atom is -0.444 e. The maximum atomic E-state index is 12.3. The molecule has 2 atom stereocenters. The van der Waals surface area contributed by atoms with E-state index >= 15 is 0 Å². The van der Waals surface area contributed by atoms with Gasteiger partial charge in [-0.15, -0.1) is 0 Å². The topological polar surface area (TPSA) is 59.4 Å². The molecule has 2 heterocycles. The zero-order chi connectivity index (χ0) is 17.0. The highest BCUT2D eigenvalue weighted by Gasteiger charge is 2.34. The quantitative estimate of drug-likeness (QED) is 0.905. The number of rotatable bonds is 5. The monoisotopic (exact) mass is 322 g/mol. The highest BCUT2D eigenvalue weighted by Crippen LogP contribution is 2.30. The molecule has 0 spiro atoms. The molecule has 6 nitrogen and oxygen atoms in total. The molecule has 0 bridgehead atoms. The average molecular weight is 322 g/mol. The Morgan fingerprint density at radius 3 is 2.83 bits per heavy atom. The van der Waals surface area contributed by atoms with Gasteiger partial charge in [-0.1, -0.05) is 6.92 Å². The summed E-state index contributed by atoms with van der Waals surface area (Å²) >= 11 is 0. The van der Waals surface area contributed by atoms with Crippen molar-refractivity contribution in [2.45, 2.75) is 52.2 Å². The number of likely N-dealkylation sites (tertiary alicyclic amines) is 1. The van der Waals surface area contributed by atoms with Crippen molar-refractivity contribution in [2.75, 3.05) is 19.6 Å². The van der Waals surface area contributed by atoms with Gasteiger partial charge in [-0.25, -0.2) is 4.79 Å². The number of hydrogen-bond donors (Lipinski definition) is 1. The van der Waals surface area contributed by atoms with Gasteiger partial charge in [0.15, 0.2) is 0 Å². The van der Waals surface area contributed by atoms with E-state index in [9.17, 15) is 4.79 Å². The summed E-state index contributed by atoms with van der Waals surface area (Å²) < 4.78 is 7.32. The predicted octanol–water partition coefficient (Wildman–Crippen LogP) is 2.72. The van der Waals surface area contributed by atoms with Gasteiger partial charge in [0.25, 0.3) is 0 Å².